The maximum Gasteiger partial charge on any atom is 0.159 e. The Morgan fingerprint density at radius 2 is 1.00 bits per heavy atom. The van der Waals surface area contributed by atoms with Crippen LogP contribution in [0, 0.1) is 0 Å². The Kier molecular flexibility index (Phi) is 7.72. The van der Waals surface area contributed by atoms with Crippen LogP contribution in [0.2, 0.25) is 0 Å². The highest BCUT2D eigenvalue weighted by atomic mass is 32.1. The highest BCUT2D eigenvalue weighted by Gasteiger charge is 2.46. The summed E-state index contributed by atoms with van der Waals surface area (Å²) in [4.78, 5) is 2.41. The minimum Gasteiger partial charge on any atom is -0.453 e. The van der Waals surface area contributed by atoms with Gasteiger partial charge >= 0.3 is 0 Å². The first kappa shape index (κ1) is 35.1. The molecule has 0 amide bonds. The Morgan fingerprint density at radius 3 is 1.81 bits per heavy atom. The molecule has 290 valence electrons. The van der Waals surface area contributed by atoms with Crippen molar-refractivity contribution in [2.75, 3.05) is 4.90 Å². The van der Waals surface area contributed by atoms with Crippen LogP contribution >= 0.6 is 11.3 Å². The van der Waals surface area contributed by atoms with Crippen molar-refractivity contribution in [2.45, 2.75) is 5.41 Å². The van der Waals surface area contributed by atoms with E-state index in [4.69, 9.17) is 4.42 Å². The topological polar surface area (TPSA) is 16.4 Å². The quantitative estimate of drug-likeness (QED) is 0.166. The van der Waals surface area contributed by atoms with Gasteiger partial charge in [0, 0.05) is 37.3 Å². The molecule has 0 aliphatic heterocycles. The lowest BCUT2D eigenvalue weighted by Crippen LogP contribution is -2.28. The van der Waals surface area contributed by atoms with Gasteiger partial charge in [-0.2, -0.15) is 0 Å². The van der Waals surface area contributed by atoms with Crippen molar-refractivity contribution in [3.8, 4) is 22.3 Å². The summed E-state index contributed by atoms with van der Waals surface area (Å²) in [6.45, 7) is 0. The van der Waals surface area contributed by atoms with Crippen molar-refractivity contribution in [1.82, 2.24) is 0 Å². The van der Waals surface area contributed by atoms with Crippen LogP contribution < -0.4 is 4.90 Å². The summed E-state index contributed by atoms with van der Waals surface area (Å²) >= 11 is 1.85. The van der Waals surface area contributed by atoms with Gasteiger partial charge in [0.2, 0.25) is 0 Å². The van der Waals surface area contributed by atoms with Crippen LogP contribution in [0.25, 0.3) is 75.1 Å². The first-order valence-corrected chi connectivity index (χ1v) is 22.1. The second-order valence-electron chi connectivity index (χ2n) is 16.3. The maximum absolute atomic E-state index is 7.01. The highest BCUT2D eigenvalue weighted by Crippen LogP contribution is 2.57. The standard InChI is InChI=1S/C59H37NOS/c1-3-16-41(17-4-1)59(42-18-5-2-6-19-42)51-25-11-9-21-45(51)46-35-32-40(37-52(46)59)38-29-33-43(34-30-38)60(54-27-14-24-50-47-22-10-12-28-55(47)62-58(50)54)53-26-13-23-48-49-36-31-39-15-7-8-20-44(39)56(49)61-57(48)53/h1-37H. The molecular weight excluding hydrogens is 771 g/mol. The summed E-state index contributed by atoms with van der Waals surface area (Å²) in [6.07, 6.45) is 0. The van der Waals surface area contributed by atoms with Crippen LogP contribution in [0.15, 0.2) is 229 Å². The molecule has 2 nitrogen and oxygen atoms in total. The summed E-state index contributed by atoms with van der Waals surface area (Å²) in [7, 11) is 0. The summed E-state index contributed by atoms with van der Waals surface area (Å²) in [6, 6.07) is 82.1. The third-order valence-electron chi connectivity index (χ3n) is 13.2. The number of hydrogen-bond donors (Lipinski definition) is 0. The fraction of sp³-hybridized carbons (Fsp3) is 0.0169. The van der Waals surface area contributed by atoms with E-state index in [9.17, 15) is 0 Å². The van der Waals surface area contributed by atoms with Gasteiger partial charge in [-0.15, -0.1) is 11.3 Å². The summed E-state index contributed by atoms with van der Waals surface area (Å²) in [5, 5.41) is 7.05. The molecule has 12 aromatic rings. The molecule has 0 saturated heterocycles. The predicted octanol–water partition coefficient (Wildman–Crippen LogP) is 16.6. The molecule has 0 N–H and O–H groups in total. The highest BCUT2D eigenvalue weighted by molar-refractivity contribution is 7.26. The summed E-state index contributed by atoms with van der Waals surface area (Å²) < 4.78 is 9.53. The van der Waals surface area contributed by atoms with Crippen molar-refractivity contribution < 1.29 is 4.42 Å². The number of furan rings is 1. The SMILES string of the molecule is c1ccc(C2(c3ccccc3)c3ccccc3-c3ccc(-c4ccc(N(c5cccc6c5oc5c7ccccc7ccc65)c5cccc6c5sc5ccccc56)cc4)cc32)cc1. The predicted molar refractivity (Wildman–Crippen MR) is 262 cm³/mol. The van der Waals surface area contributed by atoms with E-state index in [0.717, 1.165) is 50.0 Å². The summed E-state index contributed by atoms with van der Waals surface area (Å²) in [5.74, 6) is 0. The monoisotopic (exact) mass is 807 g/mol. The Balaban J connectivity index is 1.01. The Bertz CT molecular complexity index is 3650. The molecule has 2 aromatic heterocycles. The third-order valence-corrected chi connectivity index (χ3v) is 14.4. The van der Waals surface area contributed by atoms with Gasteiger partial charge in [-0.3, -0.25) is 0 Å². The fourth-order valence-electron chi connectivity index (χ4n) is 10.4. The van der Waals surface area contributed by atoms with Gasteiger partial charge in [0.1, 0.15) is 5.58 Å². The molecular formula is C59H37NOS. The lowest BCUT2D eigenvalue weighted by Gasteiger charge is -2.34. The minimum atomic E-state index is -0.458. The fourth-order valence-corrected chi connectivity index (χ4v) is 11.6. The third kappa shape index (κ3) is 5.03. The largest absolute Gasteiger partial charge is 0.453 e. The second kappa shape index (κ2) is 13.7. The van der Waals surface area contributed by atoms with Crippen molar-refractivity contribution >= 4 is 81.3 Å². The van der Waals surface area contributed by atoms with E-state index >= 15 is 0 Å². The van der Waals surface area contributed by atoms with E-state index in [1.54, 1.807) is 0 Å². The number of para-hydroxylation sites is 1. The molecule has 0 radical (unpaired) electrons. The summed E-state index contributed by atoms with van der Waals surface area (Å²) in [5.41, 5.74) is 14.6. The van der Waals surface area contributed by atoms with E-state index in [-0.39, 0.29) is 0 Å². The van der Waals surface area contributed by atoms with Crippen LogP contribution in [0.1, 0.15) is 22.3 Å². The molecule has 3 heteroatoms. The average Bonchev–Trinajstić information content (AvgIpc) is 4.02. The number of hydrogen-bond acceptors (Lipinski definition) is 3. The number of benzene rings is 10. The molecule has 0 unspecified atom stereocenters. The Hall–Kier alpha value is -7.72. The number of thiophene rings is 1. The van der Waals surface area contributed by atoms with E-state index in [2.05, 4.69) is 229 Å². The Labute approximate surface area is 363 Å². The molecule has 1 aliphatic rings. The van der Waals surface area contributed by atoms with Crippen LogP contribution in [0.3, 0.4) is 0 Å². The zero-order valence-corrected chi connectivity index (χ0v) is 34.4. The molecule has 2 heterocycles. The van der Waals surface area contributed by atoms with Crippen molar-refractivity contribution in [2.24, 2.45) is 0 Å². The molecule has 0 fully saturated rings. The molecule has 0 spiro atoms. The number of fused-ring (bicyclic) bond motifs is 11. The molecule has 13 rings (SSSR count). The van der Waals surface area contributed by atoms with Gasteiger partial charge in [0.15, 0.2) is 5.58 Å². The van der Waals surface area contributed by atoms with Gasteiger partial charge in [-0.25, -0.2) is 0 Å². The van der Waals surface area contributed by atoms with Crippen LogP contribution in [0.5, 0.6) is 0 Å². The first-order valence-electron chi connectivity index (χ1n) is 21.2. The molecule has 62 heavy (non-hydrogen) atoms. The molecule has 1 aliphatic carbocycles. The van der Waals surface area contributed by atoms with Gasteiger partial charge < -0.3 is 9.32 Å². The van der Waals surface area contributed by atoms with Gasteiger partial charge in [0.05, 0.1) is 21.5 Å². The van der Waals surface area contributed by atoms with Crippen LogP contribution in [0.4, 0.5) is 17.1 Å². The lowest BCUT2D eigenvalue weighted by atomic mass is 9.67. The van der Waals surface area contributed by atoms with Crippen molar-refractivity contribution in [1.29, 1.82) is 0 Å². The molecule has 0 atom stereocenters. The number of nitrogens with zero attached hydrogens (tertiary/aromatic N) is 1. The van der Waals surface area contributed by atoms with E-state index in [1.807, 2.05) is 11.3 Å². The van der Waals surface area contributed by atoms with E-state index in [1.165, 1.54) is 64.5 Å². The molecule has 0 saturated carbocycles. The van der Waals surface area contributed by atoms with Gasteiger partial charge in [-0.1, -0.05) is 182 Å². The first-order chi connectivity index (χ1) is 30.8. The van der Waals surface area contributed by atoms with Gasteiger partial charge in [-0.05, 0) is 92.4 Å². The van der Waals surface area contributed by atoms with Crippen molar-refractivity contribution in [3.05, 3.63) is 247 Å². The maximum atomic E-state index is 7.01. The molecule has 10 aromatic carbocycles. The zero-order valence-electron chi connectivity index (χ0n) is 33.6. The smallest absolute Gasteiger partial charge is 0.159 e. The molecule has 0 bridgehead atoms. The van der Waals surface area contributed by atoms with E-state index in [0.29, 0.717) is 0 Å². The zero-order chi connectivity index (χ0) is 40.8. The van der Waals surface area contributed by atoms with E-state index < -0.39 is 5.41 Å². The van der Waals surface area contributed by atoms with Crippen LogP contribution in [-0.2, 0) is 5.41 Å². The average molecular weight is 808 g/mol. The lowest BCUT2D eigenvalue weighted by molar-refractivity contribution is 0.673. The number of rotatable bonds is 6. The van der Waals surface area contributed by atoms with Crippen LogP contribution in [-0.4, -0.2) is 0 Å². The normalized spacial score (nSPS) is 13.0. The minimum absolute atomic E-state index is 0.458. The van der Waals surface area contributed by atoms with Crippen molar-refractivity contribution in [3.63, 3.8) is 0 Å². The second-order valence-corrected chi connectivity index (χ2v) is 17.4. The Morgan fingerprint density at radius 1 is 0.387 bits per heavy atom. The number of anilines is 3. The van der Waals surface area contributed by atoms with Gasteiger partial charge in [0.25, 0.3) is 0 Å².